The average Bonchev–Trinajstić information content (AvgIpc) is 3.50. The fourth-order valence-electron chi connectivity index (χ4n) is 4.37. The Morgan fingerprint density at radius 3 is 2.32 bits per heavy atom. The maximum absolute atomic E-state index is 13.1. The molecule has 0 saturated carbocycles. The van der Waals surface area contributed by atoms with Crippen molar-refractivity contribution in [2.75, 3.05) is 18.4 Å². The smallest absolute Gasteiger partial charge is 0.332 e. The van der Waals surface area contributed by atoms with Gasteiger partial charge < -0.3 is 20.7 Å². The van der Waals surface area contributed by atoms with Gasteiger partial charge in [-0.05, 0) is 74.5 Å². The second kappa shape index (κ2) is 14.0. The number of carbonyl (C=O) groups is 3. The first-order valence-electron chi connectivity index (χ1n) is 13.5. The van der Waals surface area contributed by atoms with Gasteiger partial charge in [0.15, 0.2) is 0 Å². The summed E-state index contributed by atoms with van der Waals surface area (Å²) >= 11 is 0. The molecule has 0 aliphatic carbocycles. The van der Waals surface area contributed by atoms with Crippen LogP contribution >= 0.6 is 0 Å². The predicted octanol–water partition coefficient (Wildman–Crippen LogP) is 3.07. The number of nitrogens with one attached hydrogen (secondary N) is 4. The number of urea groups is 1. The number of anilines is 1. The summed E-state index contributed by atoms with van der Waals surface area (Å²) in [5.74, 6) is -1.72. The molecular formula is C30H34N4O6S. The van der Waals surface area contributed by atoms with E-state index in [1.165, 1.54) is 12.1 Å². The maximum atomic E-state index is 13.1. The number of hydrogen-bond acceptors (Lipinski definition) is 7. The second-order valence-electron chi connectivity index (χ2n) is 9.89. The van der Waals surface area contributed by atoms with E-state index in [-0.39, 0.29) is 17.3 Å². The maximum Gasteiger partial charge on any atom is 0.332 e. The van der Waals surface area contributed by atoms with Crippen molar-refractivity contribution in [1.29, 1.82) is 0 Å². The summed E-state index contributed by atoms with van der Waals surface area (Å²) in [4.78, 5) is 37.8. The number of rotatable bonds is 11. The first kappa shape index (κ1) is 29.9. The Kier molecular flexibility index (Phi) is 10.2. The fourth-order valence-corrected chi connectivity index (χ4v) is 5.56. The molecule has 41 heavy (non-hydrogen) atoms. The Labute approximate surface area is 239 Å². The lowest BCUT2D eigenvalue weighted by Gasteiger charge is -2.19. The van der Waals surface area contributed by atoms with Crippen LogP contribution in [-0.4, -0.2) is 51.6 Å². The summed E-state index contributed by atoms with van der Waals surface area (Å²) < 4.78 is 33.6. The monoisotopic (exact) mass is 578 g/mol. The van der Waals surface area contributed by atoms with Crippen LogP contribution in [0.3, 0.4) is 0 Å². The number of esters is 2. The Morgan fingerprint density at radius 2 is 1.66 bits per heavy atom. The van der Waals surface area contributed by atoms with Crippen molar-refractivity contribution in [3.05, 3.63) is 95.6 Å². The normalized spacial score (nSPS) is 15.6. The molecule has 2 atom stereocenters. The zero-order chi connectivity index (χ0) is 29.2. The quantitative estimate of drug-likeness (QED) is 0.202. The molecule has 0 aromatic heterocycles. The highest BCUT2D eigenvalue weighted by molar-refractivity contribution is 7.89. The topological polar surface area (TPSA) is 143 Å². The summed E-state index contributed by atoms with van der Waals surface area (Å²) in [6.45, 7) is 2.94. The molecule has 4 rings (SSSR count). The van der Waals surface area contributed by atoms with Crippen molar-refractivity contribution >= 4 is 33.7 Å². The van der Waals surface area contributed by atoms with Gasteiger partial charge in [-0.1, -0.05) is 60.2 Å². The van der Waals surface area contributed by atoms with Crippen LogP contribution in [0.2, 0.25) is 0 Å². The lowest BCUT2D eigenvalue weighted by molar-refractivity contribution is -0.162. The van der Waals surface area contributed by atoms with Gasteiger partial charge >= 0.3 is 18.0 Å². The Morgan fingerprint density at radius 1 is 0.951 bits per heavy atom. The van der Waals surface area contributed by atoms with Crippen LogP contribution in [0.1, 0.15) is 29.5 Å². The van der Waals surface area contributed by atoms with E-state index in [4.69, 9.17) is 4.74 Å². The molecule has 1 saturated heterocycles. The molecule has 2 amide bonds. The van der Waals surface area contributed by atoms with Crippen LogP contribution in [0, 0.1) is 6.92 Å². The van der Waals surface area contributed by atoms with E-state index < -0.39 is 34.0 Å². The molecule has 1 aliphatic rings. The lowest BCUT2D eigenvalue weighted by Crippen LogP contribution is -2.45. The molecule has 0 unspecified atom stereocenters. The minimum atomic E-state index is -4.09. The van der Waals surface area contributed by atoms with Crippen molar-refractivity contribution in [1.82, 2.24) is 15.4 Å². The lowest BCUT2D eigenvalue weighted by atomic mass is 10.1. The van der Waals surface area contributed by atoms with E-state index in [9.17, 15) is 22.8 Å². The largest absolute Gasteiger partial charge is 0.391 e. The van der Waals surface area contributed by atoms with Crippen molar-refractivity contribution in [3.8, 4) is 0 Å². The number of aryl methyl sites for hydroxylation is 1. The van der Waals surface area contributed by atoms with E-state index in [1.54, 1.807) is 36.4 Å². The number of benzene rings is 3. The standard InChI is InChI=1S/C30H34N4O6S/c1-21-9-15-25(16-10-21)41(38,39)34-27(29(36)40-28(35)26-8-5-18-31-26)20-23-11-13-24(14-12-23)33-30(37)32-19-17-22-6-3-2-4-7-22/h2-4,6-7,9-16,26-27,31,34H,5,8,17-20H2,1H3,(H2,32,33,37)/t26-,27-/m0/s1. The number of ether oxygens (including phenoxy) is 1. The fraction of sp³-hybridized carbons (Fsp3) is 0.300. The van der Waals surface area contributed by atoms with Crippen LogP contribution in [-0.2, 0) is 37.2 Å². The van der Waals surface area contributed by atoms with E-state index >= 15 is 0 Å². The van der Waals surface area contributed by atoms with Gasteiger partial charge in [0.05, 0.1) is 4.90 Å². The van der Waals surface area contributed by atoms with Crippen LogP contribution in [0.15, 0.2) is 83.8 Å². The van der Waals surface area contributed by atoms with E-state index in [0.29, 0.717) is 37.2 Å². The summed E-state index contributed by atoms with van der Waals surface area (Å²) in [6, 6.07) is 20.3. The van der Waals surface area contributed by atoms with Gasteiger partial charge in [0.1, 0.15) is 12.1 Å². The van der Waals surface area contributed by atoms with Gasteiger partial charge in [0, 0.05) is 12.2 Å². The highest BCUT2D eigenvalue weighted by Gasteiger charge is 2.32. The molecular weight excluding hydrogens is 544 g/mol. The Bertz CT molecular complexity index is 1440. The van der Waals surface area contributed by atoms with Crippen molar-refractivity contribution in [2.24, 2.45) is 0 Å². The minimum absolute atomic E-state index is 0.0116. The van der Waals surface area contributed by atoms with Crippen molar-refractivity contribution < 1.29 is 27.5 Å². The molecule has 0 bridgehead atoms. The van der Waals surface area contributed by atoms with Crippen LogP contribution in [0.4, 0.5) is 10.5 Å². The van der Waals surface area contributed by atoms with Gasteiger partial charge in [-0.2, -0.15) is 4.72 Å². The van der Waals surface area contributed by atoms with Gasteiger partial charge in [0.2, 0.25) is 10.0 Å². The van der Waals surface area contributed by atoms with Gasteiger partial charge in [-0.25, -0.2) is 22.8 Å². The zero-order valence-electron chi connectivity index (χ0n) is 22.8. The first-order chi connectivity index (χ1) is 19.7. The Balaban J connectivity index is 1.39. The molecule has 216 valence electrons. The van der Waals surface area contributed by atoms with Gasteiger partial charge in [-0.3, -0.25) is 0 Å². The number of carbonyl (C=O) groups excluding carboxylic acids is 3. The third-order valence-corrected chi connectivity index (χ3v) is 8.14. The molecule has 3 aromatic carbocycles. The van der Waals surface area contributed by atoms with Crippen LogP contribution in [0.25, 0.3) is 0 Å². The third-order valence-electron chi connectivity index (χ3n) is 6.65. The van der Waals surface area contributed by atoms with Gasteiger partial charge in [-0.15, -0.1) is 0 Å². The third kappa shape index (κ3) is 8.97. The molecule has 11 heteroatoms. The average molecular weight is 579 g/mol. The molecule has 1 fully saturated rings. The number of hydrogen-bond donors (Lipinski definition) is 4. The predicted molar refractivity (Wildman–Crippen MR) is 155 cm³/mol. The molecule has 0 radical (unpaired) electrons. The SMILES string of the molecule is Cc1ccc(S(=O)(=O)N[C@@H](Cc2ccc(NC(=O)NCCc3ccccc3)cc2)C(=O)OC(=O)[C@@H]2CCCN2)cc1. The van der Waals surface area contributed by atoms with Crippen molar-refractivity contribution in [3.63, 3.8) is 0 Å². The summed E-state index contributed by atoms with van der Waals surface area (Å²) in [6.07, 6.45) is 1.95. The summed E-state index contributed by atoms with van der Waals surface area (Å²) in [5, 5.41) is 8.52. The molecule has 1 aliphatic heterocycles. The summed E-state index contributed by atoms with van der Waals surface area (Å²) in [5.41, 5.74) is 3.12. The second-order valence-corrected chi connectivity index (χ2v) is 11.6. The minimum Gasteiger partial charge on any atom is -0.391 e. The molecule has 10 nitrogen and oxygen atoms in total. The van der Waals surface area contributed by atoms with Crippen molar-refractivity contribution in [2.45, 2.75) is 49.6 Å². The van der Waals surface area contributed by atoms with E-state index in [0.717, 1.165) is 17.5 Å². The van der Waals surface area contributed by atoms with Crippen LogP contribution in [0.5, 0.6) is 0 Å². The highest BCUT2D eigenvalue weighted by Crippen LogP contribution is 2.16. The molecule has 4 N–H and O–H groups in total. The summed E-state index contributed by atoms with van der Waals surface area (Å²) in [7, 11) is -4.09. The molecule has 0 spiro atoms. The number of sulfonamides is 1. The number of amides is 2. The first-order valence-corrected chi connectivity index (χ1v) is 14.9. The van der Waals surface area contributed by atoms with Gasteiger partial charge in [0.25, 0.3) is 0 Å². The highest BCUT2D eigenvalue weighted by atomic mass is 32.2. The van der Waals surface area contributed by atoms with Crippen LogP contribution < -0.4 is 20.7 Å². The molecule has 3 aromatic rings. The van der Waals surface area contributed by atoms with E-state index in [1.807, 2.05) is 37.3 Å². The zero-order valence-corrected chi connectivity index (χ0v) is 23.6. The molecule has 1 heterocycles. The Hall–Kier alpha value is -4.06. The van der Waals surface area contributed by atoms with E-state index in [2.05, 4.69) is 20.7 Å².